The molecule has 1 N–H and O–H groups in total. The smallest absolute Gasteiger partial charge is 0.244 e. The van der Waals surface area contributed by atoms with E-state index in [-0.39, 0.29) is 5.91 Å². The van der Waals surface area contributed by atoms with Gasteiger partial charge in [0.1, 0.15) is 0 Å². The van der Waals surface area contributed by atoms with E-state index in [1.54, 1.807) is 24.5 Å². The van der Waals surface area contributed by atoms with Crippen LogP contribution in [0.1, 0.15) is 5.56 Å². The number of hydrogen-bond donors (Lipinski definition) is 1. The van der Waals surface area contributed by atoms with Crippen LogP contribution in [-0.2, 0) is 15.6 Å². The molecule has 108 valence electrons. The molecule has 0 aliphatic carbocycles. The molecule has 2 aromatic rings. The molecule has 1 atom stereocenters. The van der Waals surface area contributed by atoms with Crippen LogP contribution >= 0.6 is 0 Å². The van der Waals surface area contributed by atoms with Gasteiger partial charge in [0.25, 0.3) is 0 Å². The summed E-state index contributed by atoms with van der Waals surface area (Å²) in [5.41, 5.74) is 0.862. The van der Waals surface area contributed by atoms with Crippen LogP contribution in [0.3, 0.4) is 0 Å². The molecule has 21 heavy (non-hydrogen) atoms. The first kappa shape index (κ1) is 15.1. The molecule has 0 saturated carbocycles. The largest absolute Gasteiger partial charge is 0.352 e. The number of nitrogens with one attached hydrogen (secondary N) is 1. The second-order valence-corrected chi connectivity index (χ2v) is 5.84. The number of rotatable bonds is 6. The van der Waals surface area contributed by atoms with Gasteiger partial charge in [-0.05, 0) is 29.8 Å². The molecule has 2 rings (SSSR count). The van der Waals surface area contributed by atoms with Gasteiger partial charge in [0, 0.05) is 35.7 Å². The molecule has 4 nitrogen and oxygen atoms in total. The first-order valence-electron chi connectivity index (χ1n) is 6.55. The Balaban J connectivity index is 1.75. The SMILES string of the molecule is O=C(/C=C\c1cccnc1)NCC[S@@](=O)c1ccccc1. The van der Waals surface area contributed by atoms with Crippen LogP contribution in [0.4, 0.5) is 0 Å². The van der Waals surface area contributed by atoms with E-state index < -0.39 is 10.8 Å². The maximum atomic E-state index is 11.9. The molecule has 0 aliphatic rings. The van der Waals surface area contributed by atoms with Crippen LogP contribution in [0.2, 0.25) is 0 Å². The van der Waals surface area contributed by atoms with Crippen LogP contribution in [0.25, 0.3) is 6.08 Å². The zero-order chi connectivity index (χ0) is 14.9. The maximum Gasteiger partial charge on any atom is 0.244 e. The minimum atomic E-state index is -1.09. The van der Waals surface area contributed by atoms with Crippen molar-refractivity contribution in [3.05, 3.63) is 66.5 Å². The first-order valence-corrected chi connectivity index (χ1v) is 7.87. The summed E-state index contributed by atoms with van der Waals surface area (Å²) in [6.45, 7) is 0.373. The van der Waals surface area contributed by atoms with Crippen molar-refractivity contribution >= 4 is 22.8 Å². The van der Waals surface area contributed by atoms with E-state index in [4.69, 9.17) is 0 Å². The topological polar surface area (TPSA) is 59.1 Å². The molecule has 1 amide bonds. The molecule has 1 heterocycles. The zero-order valence-electron chi connectivity index (χ0n) is 11.4. The zero-order valence-corrected chi connectivity index (χ0v) is 12.3. The third-order valence-electron chi connectivity index (χ3n) is 2.70. The average molecular weight is 300 g/mol. The molecule has 0 bridgehead atoms. The molecule has 1 aromatic carbocycles. The lowest BCUT2D eigenvalue weighted by Crippen LogP contribution is -2.25. The van der Waals surface area contributed by atoms with E-state index in [0.717, 1.165) is 10.5 Å². The highest BCUT2D eigenvalue weighted by Gasteiger charge is 2.03. The van der Waals surface area contributed by atoms with Crippen LogP contribution in [0.5, 0.6) is 0 Å². The van der Waals surface area contributed by atoms with Crippen LogP contribution in [0, 0.1) is 0 Å². The highest BCUT2D eigenvalue weighted by atomic mass is 32.2. The molecule has 0 fully saturated rings. The lowest BCUT2D eigenvalue weighted by atomic mass is 10.2. The second-order valence-electron chi connectivity index (χ2n) is 4.27. The molecule has 0 radical (unpaired) electrons. The number of carbonyl (C=O) groups is 1. The lowest BCUT2D eigenvalue weighted by Gasteiger charge is -2.03. The molecule has 0 spiro atoms. The summed E-state index contributed by atoms with van der Waals surface area (Å²) in [6.07, 6.45) is 6.49. The summed E-state index contributed by atoms with van der Waals surface area (Å²) in [6, 6.07) is 12.9. The second kappa shape index (κ2) is 8.11. The summed E-state index contributed by atoms with van der Waals surface area (Å²) >= 11 is 0. The highest BCUT2D eigenvalue weighted by molar-refractivity contribution is 7.85. The predicted molar refractivity (Wildman–Crippen MR) is 84.0 cm³/mol. The van der Waals surface area contributed by atoms with Gasteiger partial charge in [0.15, 0.2) is 0 Å². The molecule has 0 aliphatic heterocycles. The Morgan fingerprint density at radius 1 is 1.19 bits per heavy atom. The van der Waals surface area contributed by atoms with Crippen molar-refractivity contribution in [2.75, 3.05) is 12.3 Å². The number of aromatic nitrogens is 1. The summed E-state index contributed by atoms with van der Waals surface area (Å²) in [5.74, 6) is 0.195. The Labute approximate surface area is 126 Å². The molecule has 0 saturated heterocycles. The standard InChI is InChI=1S/C16H16N2O2S/c19-16(9-8-14-5-4-10-17-13-14)18-11-12-21(20)15-6-2-1-3-7-15/h1-10,13H,11-12H2,(H,18,19)/b9-8-/t21-/m1/s1. The quantitative estimate of drug-likeness (QED) is 0.830. The number of amides is 1. The van der Waals surface area contributed by atoms with Gasteiger partial charge in [-0.15, -0.1) is 0 Å². The van der Waals surface area contributed by atoms with Gasteiger partial charge in [-0.1, -0.05) is 24.3 Å². The van der Waals surface area contributed by atoms with Gasteiger partial charge in [-0.3, -0.25) is 14.0 Å². The summed E-state index contributed by atoms with van der Waals surface area (Å²) in [5, 5.41) is 2.71. The van der Waals surface area contributed by atoms with Gasteiger partial charge in [-0.2, -0.15) is 0 Å². The first-order chi connectivity index (χ1) is 10.3. The van der Waals surface area contributed by atoms with E-state index in [2.05, 4.69) is 10.3 Å². The fourth-order valence-corrected chi connectivity index (χ4v) is 2.65. The number of hydrogen-bond acceptors (Lipinski definition) is 3. The van der Waals surface area contributed by atoms with E-state index in [1.807, 2.05) is 36.4 Å². The minimum Gasteiger partial charge on any atom is -0.352 e. The minimum absolute atomic E-state index is 0.205. The summed E-state index contributed by atoms with van der Waals surface area (Å²) < 4.78 is 11.9. The van der Waals surface area contributed by atoms with Crippen LogP contribution < -0.4 is 5.32 Å². The van der Waals surface area contributed by atoms with Crippen molar-refractivity contribution < 1.29 is 9.00 Å². The van der Waals surface area contributed by atoms with Gasteiger partial charge in [0.05, 0.1) is 10.8 Å². The third-order valence-corrected chi connectivity index (χ3v) is 4.08. The Morgan fingerprint density at radius 3 is 2.71 bits per heavy atom. The van der Waals surface area contributed by atoms with Gasteiger partial charge >= 0.3 is 0 Å². The predicted octanol–water partition coefficient (Wildman–Crippen LogP) is 2.02. The van der Waals surface area contributed by atoms with Crippen molar-refractivity contribution in [3.8, 4) is 0 Å². The lowest BCUT2D eigenvalue weighted by molar-refractivity contribution is -0.116. The van der Waals surface area contributed by atoms with Crippen LogP contribution in [0.15, 0.2) is 65.8 Å². The van der Waals surface area contributed by atoms with Crippen molar-refractivity contribution in [1.29, 1.82) is 0 Å². The van der Waals surface area contributed by atoms with Crippen molar-refractivity contribution in [1.82, 2.24) is 10.3 Å². The number of benzene rings is 1. The fourth-order valence-electron chi connectivity index (χ4n) is 1.66. The van der Waals surface area contributed by atoms with Gasteiger partial charge in [0.2, 0.25) is 5.91 Å². The van der Waals surface area contributed by atoms with E-state index in [9.17, 15) is 9.00 Å². The van der Waals surface area contributed by atoms with E-state index in [0.29, 0.717) is 12.3 Å². The Hall–Kier alpha value is -2.27. The number of nitrogens with zero attached hydrogens (tertiary/aromatic N) is 1. The molecule has 1 aromatic heterocycles. The summed E-state index contributed by atoms with van der Waals surface area (Å²) in [4.78, 5) is 16.4. The average Bonchev–Trinajstić information content (AvgIpc) is 2.54. The molecule has 5 heteroatoms. The molecule has 0 unspecified atom stereocenters. The normalized spacial score (nSPS) is 12.2. The Kier molecular flexibility index (Phi) is 5.84. The van der Waals surface area contributed by atoms with Crippen molar-refractivity contribution in [2.24, 2.45) is 0 Å². The monoisotopic (exact) mass is 300 g/mol. The summed E-state index contributed by atoms with van der Waals surface area (Å²) in [7, 11) is -1.09. The Morgan fingerprint density at radius 2 is 2.00 bits per heavy atom. The number of pyridine rings is 1. The fraction of sp³-hybridized carbons (Fsp3) is 0.125. The molecular weight excluding hydrogens is 284 g/mol. The van der Waals surface area contributed by atoms with Gasteiger partial charge in [-0.25, -0.2) is 0 Å². The Bertz CT molecular complexity index is 627. The van der Waals surface area contributed by atoms with E-state index >= 15 is 0 Å². The highest BCUT2D eigenvalue weighted by Crippen LogP contribution is 2.04. The van der Waals surface area contributed by atoms with Crippen molar-refractivity contribution in [2.45, 2.75) is 4.90 Å². The van der Waals surface area contributed by atoms with Gasteiger partial charge < -0.3 is 5.32 Å². The van der Waals surface area contributed by atoms with Crippen LogP contribution in [-0.4, -0.2) is 27.4 Å². The third kappa shape index (κ3) is 5.31. The molecular formula is C16H16N2O2S. The number of carbonyl (C=O) groups excluding carboxylic acids is 1. The van der Waals surface area contributed by atoms with E-state index in [1.165, 1.54) is 6.08 Å². The van der Waals surface area contributed by atoms with Crippen molar-refractivity contribution in [3.63, 3.8) is 0 Å². The maximum absolute atomic E-state index is 11.9.